The molecule has 1 N–H and O–H groups in total. The van der Waals surface area contributed by atoms with Crippen LogP contribution in [0.1, 0.15) is 16.1 Å². The van der Waals surface area contributed by atoms with Crippen LogP contribution in [0.5, 0.6) is 0 Å². The minimum Gasteiger partial charge on any atom is -0.298 e. The van der Waals surface area contributed by atoms with Crippen LogP contribution in [0.4, 0.5) is 10.1 Å². The molecule has 0 bridgehead atoms. The Morgan fingerprint density at radius 1 is 1.39 bits per heavy atom. The van der Waals surface area contributed by atoms with E-state index in [1.54, 1.807) is 30.3 Å². The molecular formula is C11H9N3O3S. The maximum absolute atomic E-state index is 11.8. The minimum absolute atomic E-state index is 0.0571. The summed E-state index contributed by atoms with van der Waals surface area (Å²) in [5.41, 5.74) is 0.779. The molecule has 18 heavy (non-hydrogen) atoms. The first-order chi connectivity index (χ1) is 8.58. The fraction of sp³-hybridized carbons (Fsp3) is 0.0909. The van der Waals surface area contributed by atoms with E-state index in [9.17, 15) is 14.9 Å². The number of rotatable bonds is 3. The van der Waals surface area contributed by atoms with Crippen LogP contribution in [-0.2, 0) is 0 Å². The number of aromatic nitrogens is 1. The van der Waals surface area contributed by atoms with Crippen LogP contribution in [0.15, 0.2) is 30.3 Å². The van der Waals surface area contributed by atoms with Gasteiger partial charge in [-0.3, -0.25) is 20.2 Å². The highest BCUT2D eigenvalue weighted by molar-refractivity contribution is 7.19. The molecule has 0 fully saturated rings. The molecule has 0 saturated heterocycles. The lowest BCUT2D eigenvalue weighted by Gasteiger charge is -1.99. The number of anilines is 1. The number of hydrogen-bond acceptors (Lipinski definition) is 5. The van der Waals surface area contributed by atoms with Crippen LogP contribution >= 0.6 is 11.3 Å². The second-order valence-electron chi connectivity index (χ2n) is 3.49. The molecule has 6 nitrogen and oxygen atoms in total. The molecule has 7 heteroatoms. The predicted molar refractivity (Wildman–Crippen MR) is 67.9 cm³/mol. The highest BCUT2D eigenvalue weighted by Crippen LogP contribution is 2.29. The maximum Gasteiger partial charge on any atom is 0.348 e. The van der Waals surface area contributed by atoms with E-state index in [0.29, 0.717) is 11.3 Å². The molecular weight excluding hydrogens is 254 g/mol. The number of benzene rings is 1. The molecule has 1 aromatic carbocycles. The summed E-state index contributed by atoms with van der Waals surface area (Å²) in [5.74, 6) is -0.334. The summed E-state index contributed by atoms with van der Waals surface area (Å²) >= 11 is 0.848. The Hall–Kier alpha value is -2.28. The van der Waals surface area contributed by atoms with Gasteiger partial charge in [-0.15, -0.1) is 0 Å². The van der Waals surface area contributed by atoms with Gasteiger partial charge in [-0.05, 0) is 30.4 Å². The van der Waals surface area contributed by atoms with Crippen LogP contribution in [0.2, 0.25) is 0 Å². The van der Waals surface area contributed by atoms with Crippen molar-refractivity contribution in [2.24, 2.45) is 0 Å². The van der Waals surface area contributed by atoms with Gasteiger partial charge in [0.05, 0.1) is 4.92 Å². The molecule has 92 valence electrons. The molecule has 0 radical (unpaired) electrons. The number of amides is 1. The number of aryl methyl sites for hydroxylation is 1. The van der Waals surface area contributed by atoms with Crippen LogP contribution in [0.3, 0.4) is 0 Å². The molecule has 2 rings (SSSR count). The second kappa shape index (κ2) is 4.92. The molecule has 0 aliphatic carbocycles. The summed E-state index contributed by atoms with van der Waals surface area (Å²) < 4.78 is 0. The average Bonchev–Trinajstić information content (AvgIpc) is 2.71. The predicted octanol–water partition coefficient (Wildman–Crippen LogP) is 2.61. The van der Waals surface area contributed by atoms with E-state index in [1.165, 1.54) is 6.92 Å². The summed E-state index contributed by atoms with van der Waals surface area (Å²) in [5, 5.41) is 13.4. The van der Waals surface area contributed by atoms with Gasteiger partial charge < -0.3 is 0 Å². The zero-order chi connectivity index (χ0) is 13.1. The molecule has 0 aliphatic heterocycles. The first-order valence-corrected chi connectivity index (χ1v) is 5.88. The summed E-state index contributed by atoms with van der Waals surface area (Å²) in [4.78, 5) is 25.9. The van der Waals surface area contributed by atoms with E-state index in [0.717, 1.165) is 11.3 Å². The van der Waals surface area contributed by atoms with E-state index < -0.39 is 4.92 Å². The Bertz CT molecular complexity index is 595. The maximum atomic E-state index is 11.8. The van der Waals surface area contributed by atoms with Gasteiger partial charge in [0, 0.05) is 5.56 Å². The van der Waals surface area contributed by atoms with Gasteiger partial charge in [0.15, 0.2) is 5.13 Å². The van der Waals surface area contributed by atoms with Gasteiger partial charge in [0.1, 0.15) is 5.69 Å². The third-order valence-corrected chi connectivity index (χ3v) is 3.22. The molecule has 1 heterocycles. The number of nitrogens with zero attached hydrogens (tertiary/aromatic N) is 2. The largest absolute Gasteiger partial charge is 0.348 e. The number of nitrogens with one attached hydrogen (secondary N) is 1. The lowest BCUT2D eigenvalue weighted by molar-refractivity contribution is -0.380. The lowest BCUT2D eigenvalue weighted by atomic mass is 10.2. The Morgan fingerprint density at radius 2 is 2.06 bits per heavy atom. The first kappa shape index (κ1) is 12.2. The fourth-order valence-electron chi connectivity index (χ4n) is 1.37. The molecule has 0 spiro atoms. The summed E-state index contributed by atoms with van der Waals surface area (Å²) in [6.07, 6.45) is 0. The van der Waals surface area contributed by atoms with Crippen molar-refractivity contribution in [3.05, 3.63) is 51.7 Å². The third kappa shape index (κ3) is 2.51. The number of nitro groups is 1. The van der Waals surface area contributed by atoms with Gasteiger partial charge in [-0.25, -0.2) is 4.98 Å². The van der Waals surface area contributed by atoms with Crippen molar-refractivity contribution in [3.63, 3.8) is 0 Å². The zero-order valence-corrected chi connectivity index (χ0v) is 10.2. The zero-order valence-electron chi connectivity index (χ0n) is 9.41. The Labute approximate surface area is 106 Å². The van der Waals surface area contributed by atoms with E-state index in [4.69, 9.17) is 0 Å². The molecule has 0 atom stereocenters. The molecule has 2 aromatic rings. The van der Waals surface area contributed by atoms with Gasteiger partial charge in [0.2, 0.25) is 0 Å². The second-order valence-corrected chi connectivity index (χ2v) is 4.46. The monoisotopic (exact) mass is 263 g/mol. The van der Waals surface area contributed by atoms with Crippen molar-refractivity contribution in [1.29, 1.82) is 0 Å². The minimum atomic E-state index is -0.509. The van der Waals surface area contributed by atoms with Gasteiger partial charge in [0.25, 0.3) is 5.91 Å². The van der Waals surface area contributed by atoms with Crippen molar-refractivity contribution in [1.82, 2.24) is 4.98 Å². The average molecular weight is 263 g/mol. The van der Waals surface area contributed by atoms with Crippen LogP contribution in [0.25, 0.3) is 0 Å². The van der Waals surface area contributed by atoms with Crippen molar-refractivity contribution >= 4 is 27.4 Å². The smallest absolute Gasteiger partial charge is 0.298 e. The van der Waals surface area contributed by atoms with E-state index >= 15 is 0 Å². The van der Waals surface area contributed by atoms with Crippen LogP contribution < -0.4 is 5.32 Å². The number of carbonyl (C=O) groups is 1. The van der Waals surface area contributed by atoms with Crippen molar-refractivity contribution in [3.8, 4) is 0 Å². The van der Waals surface area contributed by atoms with Crippen molar-refractivity contribution < 1.29 is 9.72 Å². The number of thiazole rings is 1. The summed E-state index contributed by atoms with van der Waals surface area (Å²) in [6.45, 7) is 1.53. The molecule has 0 saturated carbocycles. The van der Waals surface area contributed by atoms with E-state index in [-0.39, 0.29) is 16.0 Å². The molecule has 0 aliphatic rings. The van der Waals surface area contributed by atoms with E-state index in [1.807, 2.05) is 0 Å². The lowest BCUT2D eigenvalue weighted by Crippen LogP contribution is -2.11. The Morgan fingerprint density at radius 3 is 2.61 bits per heavy atom. The summed E-state index contributed by atoms with van der Waals surface area (Å²) in [7, 11) is 0. The highest BCUT2D eigenvalue weighted by Gasteiger charge is 2.19. The SMILES string of the molecule is Cc1nc(NC(=O)c2ccccc2)sc1[N+](=O)[O-]. The van der Waals surface area contributed by atoms with E-state index in [2.05, 4.69) is 10.3 Å². The number of hydrogen-bond donors (Lipinski definition) is 1. The third-order valence-electron chi connectivity index (χ3n) is 2.19. The molecule has 1 aromatic heterocycles. The Balaban J connectivity index is 2.18. The molecule has 0 unspecified atom stereocenters. The van der Waals surface area contributed by atoms with Crippen LogP contribution in [-0.4, -0.2) is 15.8 Å². The highest BCUT2D eigenvalue weighted by atomic mass is 32.1. The fourth-order valence-corrected chi connectivity index (χ4v) is 2.15. The van der Waals surface area contributed by atoms with Crippen molar-refractivity contribution in [2.75, 3.05) is 5.32 Å². The molecule has 1 amide bonds. The van der Waals surface area contributed by atoms with Gasteiger partial charge in [-0.1, -0.05) is 18.2 Å². The van der Waals surface area contributed by atoms with Crippen LogP contribution in [0, 0.1) is 17.0 Å². The topological polar surface area (TPSA) is 85.1 Å². The van der Waals surface area contributed by atoms with Crippen molar-refractivity contribution in [2.45, 2.75) is 6.92 Å². The van der Waals surface area contributed by atoms with Gasteiger partial charge in [-0.2, -0.15) is 0 Å². The number of carbonyl (C=O) groups excluding carboxylic acids is 1. The normalized spacial score (nSPS) is 10.1. The Kier molecular flexibility index (Phi) is 3.33. The van der Waals surface area contributed by atoms with Gasteiger partial charge >= 0.3 is 5.00 Å². The standard InChI is InChI=1S/C11H9N3O3S/c1-7-10(14(16)17)18-11(12-7)13-9(15)8-5-3-2-4-6-8/h2-6H,1H3,(H,12,13,15). The summed E-state index contributed by atoms with van der Waals surface area (Å²) in [6, 6.07) is 8.60. The quantitative estimate of drug-likeness (QED) is 0.681. The first-order valence-electron chi connectivity index (χ1n) is 5.06.